The number of hydrogen-bond acceptors (Lipinski definition) is 1. The minimum absolute atomic E-state index is 0.128. The van der Waals surface area contributed by atoms with Crippen molar-refractivity contribution in [3.8, 4) is 0 Å². The second-order valence-corrected chi connectivity index (χ2v) is 5.52. The molecule has 2 N–H and O–H groups in total. The largest absolute Gasteiger partial charge is 0.327 e. The molecule has 20 heavy (non-hydrogen) atoms. The summed E-state index contributed by atoms with van der Waals surface area (Å²) in [6.07, 6.45) is 1.42. The van der Waals surface area contributed by atoms with Gasteiger partial charge in [-0.15, -0.1) is 0 Å². The average molecular weight is 273 g/mol. The molecular formula is C17H17F2N. The third-order valence-electron chi connectivity index (χ3n) is 4.08. The summed E-state index contributed by atoms with van der Waals surface area (Å²) >= 11 is 0. The topological polar surface area (TPSA) is 26.0 Å². The van der Waals surface area contributed by atoms with Crippen molar-refractivity contribution in [3.05, 3.63) is 71.3 Å². The molecule has 1 aliphatic carbocycles. The van der Waals surface area contributed by atoms with Gasteiger partial charge in [-0.25, -0.2) is 8.78 Å². The highest BCUT2D eigenvalue weighted by Gasteiger charge is 2.42. The molecule has 1 fully saturated rings. The first-order valence-electron chi connectivity index (χ1n) is 6.89. The molecule has 2 aromatic rings. The molecule has 3 atom stereocenters. The van der Waals surface area contributed by atoms with Gasteiger partial charge >= 0.3 is 0 Å². The summed E-state index contributed by atoms with van der Waals surface area (Å²) < 4.78 is 26.8. The molecule has 0 aliphatic heterocycles. The van der Waals surface area contributed by atoms with Gasteiger partial charge < -0.3 is 5.73 Å². The Balaban J connectivity index is 1.67. The normalized spacial score (nSPS) is 22.6. The van der Waals surface area contributed by atoms with E-state index in [1.54, 1.807) is 0 Å². The quantitative estimate of drug-likeness (QED) is 0.904. The van der Waals surface area contributed by atoms with Crippen molar-refractivity contribution in [2.24, 2.45) is 11.7 Å². The van der Waals surface area contributed by atoms with E-state index in [1.807, 2.05) is 18.2 Å². The molecule has 3 rings (SSSR count). The monoisotopic (exact) mass is 273 g/mol. The summed E-state index contributed by atoms with van der Waals surface area (Å²) in [4.78, 5) is 0. The van der Waals surface area contributed by atoms with Gasteiger partial charge in [0, 0.05) is 6.04 Å². The lowest BCUT2D eigenvalue weighted by molar-refractivity contribution is 0.538. The van der Waals surface area contributed by atoms with Crippen LogP contribution in [0.5, 0.6) is 0 Å². The van der Waals surface area contributed by atoms with E-state index in [-0.39, 0.29) is 11.9 Å². The van der Waals surface area contributed by atoms with Gasteiger partial charge in [-0.05, 0) is 54.0 Å². The van der Waals surface area contributed by atoms with E-state index >= 15 is 0 Å². The van der Waals surface area contributed by atoms with Gasteiger partial charge in [-0.3, -0.25) is 0 Å². The first kappa shape index (κ1) is 13.3. The van der Waals surface area contributed by atoms with Crippen molar-refractivity contribution >= 4 is 0 Å². The van der Waals surface area contributed by atoms with Crippen molar-refractivity contribution in [2.45, 2.75) is 24.8 Å². The molecule has 1 nitrogen and oxygen atoms in total. The molecule has 0 aromatic heterocycles. The first-order valence-corrected chi connectivity index (χ1v) is 6.89. The molecule has 0 radical (unpaired) electrons. The van der Waals surface area contributed by atoms with Crippen LogP contribution < -0.4 is 5.73 Å². The summed E-state index contributed by atoms with van der Waals surface area (Å²) in [6, 6.07) is 13.6. The third-order valence-corrected chi connectivity index (χ3v) is 4.08. The minimum atomic E-state index is -0.413. The van der Waals surface area contributed by atoms with Crippen LogP contribution in [0.3, 0.4) is 0 Å². The Labute approximate surface area is 117 Å². The van der Waals surface area contributed by atoms with Crippen molar-refractivity contribution in [1.82, 2.24) is 0 Å². The van der Waals surface area contributed by atoms with Crippen molar-refractivity contribution in [1.29, 1.82) is 0 Å². The second-order valence-electron chi connectivity index (χ2n) is 5.52. The molecule has 3 heteroatoms. The van der Waals surface area contributed by atoms with Gasteiger partial charge in [0.05, 0.1) is 0 Å². The summed E-state index contributed by atoms with van der Waals surface area (Å²) in [5.74, 6) is 0.0330. The van der Waals surface area contributed by atoms with E-state index in [4.69, 9.17) is 5.73 Å². The maximum atomic E-state index is 13.6. The number of rotatable bonds is 4. The van der Waals surface area contributed by atoms with Gasteiger partial charge in [0.15, 0.2) is 0 Å². The summed E-state index contributed by atoms with van der Waals surface area (Å²) in [5.41, 5.74) is 7.82. The molecule has 1 saturated carbocycles. The molecule has 0 amide bonds. The fourth-order valence-electron chi connectivity index (χ4n) is 2.88. The highest BCUT2D eigenvalue weighted by Crippen LogP contribution is 2.49. The Bertz CT molecular complexity index is 597. The Kier molecular flexibility index (Phi) is 3.53. The van der Waals surface area contributed by atoms with Crippen LogP contribution in [0.1, 0.15) is 23.5 Å². The molecule has 104 valence electrons. The molecule has 2 aromatic carbocycles. The van der Waals surface area contributed by atoms with Gasteiger partial charge in [0.25, 0.3) is 0 Å². The van der Waals surface area contributed by atoms with Crippen LogP contribution in [-0.2, 0) is 6.42 Å². The van der Waals surface area contributed by atoms with Gasteiger partial charge in [-0.1, -0.05) is 30.3 Å². The standard InChI is InChI=1S/C17H17F2N/c18-13-6-7-16(19)12(8-13)9-17(20)15-10-14(15)11-4-2-1-3-5-11/h1-8,14-15,17H,9-10,20H2. The Morgan fingerprint density at radius 3 is 2.60 bits per heavy atom. The van der Waals surface area contributed by atoms with E-state index in [1.165, 1.54) is 17.7 Å². The minimum Gasteiger partial charge on any atom is -0.327 e. The second kappa shape index (κ2) is 5.33. The smallest absolute Gasteiger partial charge is 0.126 e. The highest BCUT2D eigenvalue weighted by atomic mass is 19.1. The average Bonchev–Trinajstić information content (AvgIpc) is 3.24. The van der Waals surface area contributed by atoms with Gasteiger partial charge in [0.1, 0.15) is 11.6 Å². The summed E-state index contributed by atoms with van der Waals surface area (Å²) in [7, 11) is 0. The molecule has 1 aliphatic rings. The fourth-order valence-corrected chi connectivity index (χ4v) is 2.88. The Morgan fingerprint density at radius 1 is 1.10 bits per heavy atom. The van der Waals surface area contributed by atoms with Gasteiger partial charge in [-0.2, -0.15) is 0 Å². The van der Waals surface area contributed by atoms with E-state index in [9.17, 15) is 8.78 Å². The lowest BCUT2D eigenvalue weighted by atomic mass is 9.99. The number of nitrogens with two attached hydrogens (primary N) is 1. The number of halogens is 2. The van der Waals surface area contributed by atoms with Gasteiger partial charge in [0.2, 0.25) is 0 Å². The number of benzene rings is 2. The van der Waals surface area contributed by atoms with Crippen LogP contribution >= 0.6 is 0 Å². The predicted octanol–water partition coefficient (Wildman–Crippen LogP) is 3.64. The van der Waals surface area contributed by atoms with Crippen LogP contribution in [0.2, 0.25) is 0 Å². The van der Waals surface area contributed by atoms with E-state index in [0.29, 0.717) is 23.8 Å². The highest BCUT2D eigenvalue weighted by molar-refractivity contribution is 5.28. The van der Waals surface area contributed by atoms with Crippen LogP contribution in [0, 0.1) is 17.6 Å². The van der Waals surface area contributed by atoms with Crippen molar-refractivity contribution in [3.63, 3.8) is 0 Å². The van der Waals surface area contributed by atoms with Crippen LogP contribution in [0.25, 0.3) is 0 Å². The van der Waals surface area contributed by atoms with Crippen molar-refractivity contribution < 1.29 is 8.78 Å². The summed E-state index contributed by atoms with van der Waals surface area (Å²) in [5, 5.41) is 0. The zero-order chi connectivity index (χ0) is 14.1. The van der Waals surface area contributed by atoms with E-state index < -0.39 is 5.82 Å². The fraction of sp³-hybridized carbons (Fsp3) is 0.294. The molecular weight excluding hydrogens is 256 g/mol. The lowest BCUT2D eigenvalue weighted by Gasteiger charge is -2.12. The zero-order valence-corrected chi connectivity index (χ0v) is 11.1. The van der Waals surface area contributed by atoms with Crippen molar-refractivity contribution in [2.75, 3.05) is 0 Å². The molecule has 0 bridgehead atoms. The van der Waals surface area contributed by atoms with Crippen LogP contribution in [0.4, 0.5) is 8.78 Å². The molecule has 0 heterocycles. The molecule has 0 saturated heterocycles. The zero-order valence-electron chi connectivity index (χ0n) is 11.1. The van der Waals surface area contributed by atoms with Crippen LogP contribution in [0.15, 0.2) is 48.5 Å². The Morgan fingerprint density at radius 2 is 1.85 bits per heavy atom. The lowest BCUT2D eigenvalue weighted by Crippen LogP contribution is -2.26. The molecule has 0 spiro atoms. The maximum Gasteiger partial charge on any atom is 0.126 e. The maximum absolute atomic E-state index is 13.6. The predicted molar refractivity (Wildman–Crippen MR) is 75.3 cm³/mol. The van der Waals surface area contributed by atoms with Crippen LogP contribution in [-0.4, -0.2) is 6.04 Å². The third kappa shape index (κ3) is 2.73. The SMILES string of the molecule is NC(Cc1cc(F)ccc1F)C1CC1c1ccccc1. The number of hydrogen-bond donors (Lipinski definition) is 1. The summed E-state index contributed by atoms with van der Waals surface area (Å²) in [6.45, 7) is 0. The Hall–Kier alpha value is -1.74. The molecule has 3 unspecified atom stereocenters. The first-order chi connectivity index (χ1) is 9.65. The van der Waals surface area contributed by atoms with E-state index in [2.05, 4.69) is 12.1 Å². The van der Waals surface area contributed by atoms with E-state index in [0.717, 1.165) is 12.5 Å².